The molecule has 7 nitrogen and oxygen atoms in total. The zero-order valence-corrected chi connectivity index (χ0v) is 17.0. The first-order valence-electron chi connectivity index (χ1n) is 10.4. The molecule has 5 rings (SSSR count). The van der Waals surface area contributed by atoms with Gasteiger partial charge in [-0.15, -0.1) is 0 Å². The van der Waals surface area contributed by atoms with Gasteiger partial charge in [-0.25, -0.2) is 19.9 Å². The minimum atomic E-state index is -0.145. The fourth-order valence-electron chi connectivity index (χ4n) is 3.90. The van der Waals surface area contributed by atoms with Crippen molar-refractivity contribution in [2.24, 2.45) is 0 Å². The number of aromatic nitrogens is 4. The number of aryl methyl sites for hydroxylation is 1. The third kappa shape index (κ3) is 3.87. The number of carbonyl (C=O) groups is 1. The van der Waals surface area contributed by atoms with Crippen molar-refractivity contribution in [1.29, 1.82) is 0 Å². The van der Waals surface area contributed by atoms with E-state index < -0.39 is 0 Å². The van der Waals surface area contributed by atoms with Crippen molar-refractivity contribution in [2.45, 2.75) is 38.1 Å². The Labute approximate surface area is 175 Å². The van der Waals surface area contributed by atoms with Crippen molar-refractivity contribution in [3.05, 3.63) is 65.9 Å². The molecule has 1 saturated heterocycles. The number of amides is 1. The van der Waals surface area contributed by atoms with Crippen LogP contribution in [0, 0.1) is 6.92 Å². The van der Waals surface area contributed by atoms with Gasteiger partial charge in [0.2, 0.25) is 5.95 Å². The van der Waals surface area contributed by atoms with E-state index >= 15 is 0 Å². The van der Waals surface area contributed by atoms with E-state index in [9.17, 15) is 4.79 Å². The zero-order valence-electron chi connectivity index (χ0n) is 17.0. The van der Waals surface area contributed by atoms with E-state index in [2.05, 4.69) is 25.2 Å². The summed E-state index contributed by atoms with van der Waals surface area (Å²) < 4.78 is 0. The Morgan fingerprint density at radius 3 is 2.70 bits per heavy atom. The lowest BCUT2D eigenvalue weighted by Crippen LogP contribution is -2.37. The van der Waals surface area contributed by atoms with Gasteiger partial charge in [-0.05, 0) is 32.3 Å². The van der Waals surface area contributed by atoms with Gasteiger partial charge in [0.05, 0.1) is 11.3 Å². The maximum absolute atomic E-state index is 13.1. The highest BCUT2D eigenvalue weighted by atomic mass is 16.1. The van der Waals surface area contributed by atoms with E-state index in [0.29, 0.717) is 29.5 Å². The predicted molar refractivity (Wildman–Crippen MR) is 114 cm³/mol. The average Bonchev–Trinajstić information content (AvgIpc) is 3.53. The molecule has 3 aromatic rings. The Bertz CT molecular complexity index is 1070. The first kappa shape index (κ1) is 18.7. The summed E-state index contributed by atoms with van der Waals surface area (Å²) in [6.07, 6.45) is 6.76. The SMILES string of the molecule is Cc1ncc(C(=O)NC2CCN(c3nccc(C4CC4)n3)C2)c(-c2ccccc2)n1. The van der Waals surface area contributed by atoms with Gasteiger partial charge in [-0.1, -0.05) is 30.3 Å². The largest absolute Gasteiger partial charge is 0.347 e. The average molecular weight is 400 g/mol. The molecule has 0 bridgehead atoms. The molecule has 3 heterocycles. The third-order valence-electron chi connectivity index (χ3n) is 5.67. The summed E-state index contributed by atoms with van der Waals surface area (Å²) in [5, 5.41) is 3.16. The lowest BCUT2D eigenvalue weighted by molar-refractivity contribution is 0.0940. The van der Waals surface area contributed by atoms with Crippen molar-refractivity contribution in [1.82, 2.24) is 25.3 Å². The van der Waals surface area contributed by atoms with Crippen LogP contribution in [0.4, 0.5) is 5.95 Å². The molecule has 1 aliphatic heterocycles. The monoisotopic (exact) mass is 400 g/mol. The molecule has 1 aromatic carbocycles. The summed E-state index contributed by atoms with van der Waals surface area (Å²) in [7, 11) is 0. The predicted octanol–water partition coefficient (Wildman–Crippen LogP) is 3.13. The molecule has 1 amide bonds. The quantitative estimate of drug-likeness (QED) is 0.708. The second-order valence-corrected chi connectivity index (χ2v) is 8.01. The topological polar surface area (TPSA) is 83.9 Å². The van der Waals surface area contributed by atoms with E-state index in [1.54, 1.807) is 6.20 Å². The smallest absolute Gasteiger partial charge is 0.255 e. The van der Waals surface area contributed by atoms with Gasteiger partial charge >= 0.3 is 0 Å². The minimum Gasteiger partial charge on any atom is -0.347 e. The van der Waals surface area contributed by atoms with Gasteiger partial charge in [0.1, 0.15) is 5.82 Å². The number of rotatable bonds is 5. The third-order valence-corrected chi connectivity index (χ3v) is 5.67. The molecule has 7 heteroatoms. The summed E-state index contributed by atoms with van der Waals surface area (Å²) in [5.41, 5.74) is 3.21. The van der Waals surface area contributed by atoms with Crippen LogP contribution in [-0.2, 0) is 0 Å². The van der Waals surface area contributed by atoms with Crippen molar-refractivity contribution in [3.8, 4) is 11.3 Å². The summed E-state index contributed by atoms with van der Waals surface area (Å²) in [4.78, 5) is 33.2. The van der Waals surface area contributed by atoms with Gasteiger partial charge in [0.15, 0.2) is 0 Å². The maximum atomic E-state index is 13.1. The molecule has 1 unspecified atom stereocenters. The molecule has 1 atom stereocenters. The van der Waals surface area contributed by atoms with Crippen molar-refractivity contribution >= 4 is 11.9 Å². The van der Waals surface area contributed by atoms with Gasteiger partial charge in [0, 0.05) is 48.7 Å². The van der Waals surface area contributed by atoms with Crippen LogP contribution in [0.25, 0.3) is 11.3 Å². The van der Waals surface area contributed by atoms with E-state index in [1.807, 2.05) is 49.5 Å². The zero-order chi connectivity index (χ0) is 20.5. The fraction of sp³-hybridized carbons (Fsp3) is 0.348. The first-order valence-corrected chi connectivity index (χ1v) is 10.4. The van der Waals surface area contributed by atoms with Gasteiger partial charge in [-0.3, -0.25) is 4.79 Å². The van der Waals surface area contributed by atoms with Crippen LogP contribution >= 0.6 is 0 Å². The summed E-state index contributed by atoms with van der Waals surface area (Å²) in [5.74, 6) is 1.86. The number of anilines is 1. The number of hydrogen-bond acceptors (Lipinski definition) is 6. The molecule has 0 spiro atoms. The summed E-state index contributed by atoms with van der Waals surface area (Å²) in [6, 6.07) is 11.8. The Hall–Kier alpha value is -3.35. The molecule has 30 heavy (non-hydrogen) atoms. The number of hydrogen-bond donors (Lipinski definition) is 1. The van der Waals surface area contributed by atoms with Crippen molar-refractivity contribution < 1.29 is 4.79 Å². The van der Waals surface area contributed by atoms with Crippen LogP contribution in [0.15, 0.2) is 48.8 Å². The molecule has 1 saturated carbocycles. The van der Waals surface area contributed by atoms with E-state index in [4.69, 9.17) is 4.98 Å². The number of nitrogens with zero attached hydrogens (tertiary/aromatic N) is 5. The van der Waals surface area contributed by atoms with Crippen molar-refractivity contribution in [2.75, 3.05) is 18.0 Å². The molecule has 1 aliphatic carbocycles. The summed E-state index contributed by atoms with van der Waals surface area (Å²) >= 11 is 0. The van der Waals surface area contributed by atoms with E-state index in [1.165, 1.54) is 12.8 Å². The fourth-order valence-corrected chi connectivity index (χ4v) is 3.90. The molecule has 152 valence electrons. The number of benzene rings is 1. The standard InChI is InChI=1S/C23H24N6O/c1-15-25-13-19(21(26-15)17-5-3-2-4-6-17)22(30)27-18-10-12-29(14-18)23-24-11-9-20(28-23)16-7-8-16/h2-6,9,11,13,16,18H,7-8,10,12,14H2,1H3,(H,27,30). The van der Waals surface area contributed by atoms with Crippen LogP contribution in [0.1, 0.15) is 47.1 Å². The maximum Gasteiger partial charge on any atom is 0.255 e. The molecular weight excluding hydrogens is 376 g/mol. The summed E-state index contributed by atoms with van der Waals surface area (Å²) in [6.45, 7) is 3.36. The van der Waals surface area contributed by atoms with E-state index in [0.717, 1.165) is 30.2 Å². The second kappa shape index (κ2) is 7.82. The minimum absolute atomic E-state index is 0.0376. The molecule has 2 aliphatic rings. The van der Waals surface area contributed by atoms with Crippen LogP contribution in [-0.4, -0.2) is 45.0 Å². The normalized spacial score (nSPS) is 18.4. The number of nitrogens with one attached hydrogen (secondary N) is 1. The highest BCUT2D eigenvalue weighted by Gasteiger charge is 2.29. The Morgan fingerprint density at radius 2 is 1.90 bits per heavy atom. The Kier molecular flexibility index (Phi) is 4.86. The molecular formula is C23H24N6O. The van der Waals surface area contributed by atoms with Gasteiger partial charge in [-0.2, -0.15) is 0 Å². The second-order valence-electron chi connectivity index (χ2n) is 8.01. The van der Waals surface area contributed by atoms with E-state index in [-0.39, 0.29) is 11.9 Å². The van der Waals surface area contributed by atoms with Gasteiger partial charge in [0.25, 0.3) is 5.91 Å². The Morgan fingerprint density at radius 1 is 1.07 bits per heavy atom. The molecule has 1 N–H and O–H groups in total. The first-order chi connectivity index (χ1) is 14.7. The van der Waals surface area contributed by atoms with Gasteiger partial charge < -0.3 is 10.2 Å². The Balaban J connectivity index is 1.30. The van der Waals surface area contributed by atoms with Crippen LogP contribution in [0.3, 0.4) is 0 Å². The lowest BCUT2D eigenvalue weighted by atomic mass is 10.1. The van der Waals surface area contributed by atoms with Crippen LogP contribution < -0.4 is 10.2 Å². The number of carbonyl (C=O) groups excluding carboxylic acids is 1. The molecule has 2 fully saturated rings. The lowest BCUT2D eigenvalue weighted by Gasteiger charge is -2.18. The van der Waals surface area contributed by atoms with Crippen LogP contribution in [0.5, 0.6) is 0 Å². The highest BCUT2D eigenvalue weighted by Crippen LogP contribution is 2.39. The highest BCUT2D eigenvalue weighted by molar-refractivity contribution is 5.99. The molecule has 0 radical (unpaired) electrons. The van der Waals surface area contributed by atoms with Crippen LogP contribution in [0.2, 0.25) is 0 Å². The molecule has 2 aromatic heterocycles. The van der Waals surface area contributed by atoms with Crippen molar-refractivity contribution in [3.63, 3.8) is 0 Å².